The Morgan fingerprint density at radius 1 is 0.917 bits per heavy atom. The van der Waals surface area contributed by atoms with Crippen molar-refractivity contribution in [3.63, 3.8) is 0 Å². The topological polar surface area (TPSA) is 146 Å². The molecule has 1 N–H and O–H groups in total. The summed E-state index contributed by atoms with van der Waals surface area (Å²) >= 11 is 0. The van der Waals surface area contributed by atoms with Crippen LogP contribution in [-0.4, -0.2) is 62.1 Å². The molecule has 0 aliphatic heterocycles. The van der Waals surface area contributed by atoms with Crippen LogP contribution in [0.2, 0.25) is 0 Å². The van der Waals surface area contributed by atoms with Crippen LogP contribution in [0, 0.1) is 0 Å². The van der Waals surface area contributed by atoms with Gasteiger partial charge in [0.1, 0.15) is 0 Å². The minimum atomic E-state index is -4.26. The third kappa shape index (κ3) is 4.36. The van der Waals surface area contributed by atoms with Gasteiger partial charge < -0.3 is 5.11 Å². The number of aromatic carboxylic acids is 1. The Bertz CT molecular complexity index is 948. The Balaban J connectivity index is 3.80. The third-order valence-electron chi connectivity index (χ3n) is 2.86. The van der Waals surface area contributed by atoms with Gasteiger partial charge in [0.15, 0.2) is 0 Å². The molecular formula is C11H16N2O8S3. The number of carboxylic acids is 1. The van der Waals surface area contributed by atoms with Gasteiger partial charge in [-0.15, -0.1) is 0 Å². The second-order valence-corrected chi connectivity index (χ2v) is 10.9. The normalized spacial score (nSPS) is 12.7. The van der Waals surface area contributed by atoms with E-state index in [0.29, 0.717) is 16.8 Å². The van der Waals surface area contributed by atoms with E-state index < -0.39 is 47.3 Å². The first kappa shape index (κ1) is 20.2. The molecule has 24 heavy (non-hydrogen) atoms. The highest BCUT2D eigenvalue weighted by atomic mass is 32.3. The predicted octanol–water partition coefficient (Wildman–Crippen LogP) is -0.494. The van der Waals surface area contributed by atoms with Crippen LogP contribution in [-0.2, 0) is 30.1 Å². The number of benzene rings is 1. The minimum absolute atomic E-state index is 0.0885. The Kier molecular flexibility index (Phi) is 5.23. The first-order chi connectivity index (χ1) is 10.6. The van der Waals surface area contributed by atoms with E-state index in [1.807, 2.05) is 0 Å². The maximum atomic E-state index is 11.8. The highest BCUT2D eigenvalue weighted by Gasteiger charge is 2.29. The molecule has 136 valence electrons. The molecule has 0 spiro atoms. The number of rotatable bonds is 6. The van der Waals surface area contributed by atoms with Crippen molar-refractivity contribution in [3.8, 4) is 0 Å². The van der Waals surface area contributed by atoms with Crippen LogP contribution in [0.1, 0.15) is 10.4 Å². The summed E-state index contributed by atoms with van der Waals surface area (Å²) < 4.78 is 71.1. The highest BCUT2D eigenvalue weighted by Crippen LogP contribution is 2.30. The average Bonchev–Trinajstić information content (AvgIpc) is 2.32. The minimum Gasteiger partial charge on any atom is -0.478 e. The van der Waals surface area contributed by atoms with Crippen molar-refractivity contribution < 1.29 is 35.2 Å². The molecule has 0 aromatic heterocycles. The van der Waals surface area contributed by atoms with Gasteiger partial charge in [0, 0.05) is 7.05 Å². The van der Waals surface area contributed by atoms with E-state index in [9.17, 15) is 30.0 Å². The van der Waals surface area contributed by atoms with E-state index >= 15 is 0 Å². The van der Waals surface area contributed by atoms with Crippen LogP contribution in [0.15, 0.2) is 18.2 Å². The number of carbonyl (C=O) groups is 1. The van der Waals surface area contributed by atoms with Crippen LogP contribution in [0.25, 0.3) is 0 Å². The van der Waals surface area contributed by atoms with E-state index in [0.717, 1.165) is 31.5 Å². The van der Waals surface area contributed by atoms with Gasteiger partial charge in [-0.3, -0.25) is 4.31 Å². The zero-order chi connectivity index (χ0) is 19.1. The number of hydrogen-bond donors (Lipinski definition) is 1. The van der Waals surface area contributed by atoms with Crippen LogP contribution < -0.4 is 8.02 Å². The Hall–Kier alpha value is -1.86. The van der Waals surface area contributed by atoms with Crippen molar-refractivity contribution in [1.29, 1.82) is 0 Å². The van der Waals surface area contributed by atoms with Gasteiger partial charge in [0.25, 0.3) is 0 Å². The lowest BCUT2D eigenvalue weighted by Gasteiger charge is -2.23. The summed E-state index contributed by atoms with van der Waals surface area (Å²) in [4.78, 5) is 11.3. The molecule has 0 unspecified atom stereocenters. The van der Waals surface area contributed by atoms with E-state index in [1.165, 1.54) is 0 Å². The van der Waals surface area contributed by atoms with Gasteiger partial charge >= 0.3 is 5.97 Å². The van der Waals surface area contributed by atoms with Crippen molar-refractivity contribution in [2.24, 2.45) is 0 Å². The summed E-state index contributed by atoms with van der Waals surface area (Å²) in [5, 5.41) is 9.16. The van der Waals surface area contributed by atoms with E-state index in [2.05, 4.69) is 0 Å². The van der Waals surface area contributed by atoms with Crippen molar-refractivity contribution in [2.45, 2.75) is 0 Å². The molecule has 1 rings (SSSR count). The van der Waals surface area contributed by atoms with Crippen LogP contribution in [0.4, 0.5) is 11.4 Å². The lowest BCUT2D eigenvalue weighted by molar-refractivity contribution is 0.0698. The van der Waals surface area contributed by atoms with E-state index in [-0.39, 0.29) is 9.40 Å². The summed E-state index contributed by atoms with van der Waals surface area (Å²) in [5.74, 6) is -1.46. The van der Waals surface area contributed by atoms with Gasteiger partial charge in [0.2, 0.25) is 30.1 Å². The molecule has 0 saturated carbocycles. The third-order valence-corrected chi connectivity index (χ3v) is 7.30. The number of nitrogens with zero attached hydrogens (tertiary/aromatic N) is 2. The van der Waals surface area contributed by atoms with Gasteiger partial charge in [0.05, 0.1) is 35.7 Å². The monoisotopic (exact) mass is 400 g/mol. The van der Waals surface area contributed by atoms with Gasteiger partial charge in [-0.2, -0.15) is 3.71 Å². The Labute approximate surface area is 140 Å². The molecule has 10 nitrogen and oxygen atoms in total. The Morgan fingerprint density at radius 2 is 1.38 bits per heavy atom. The molecule has 13 heteroatoms. The number of sulfonamides is 3. The fraction of sp³-hybridized carbons (Fsp3) is 0.364. The van der Waals surface area contributed by atoms with Gasteiger partial charge in [-0.1, -0.05) is 0 Å². The summed E-state index contributed by atoms with van der Waals surface area (Å²) in [6.07, 6.45) is 2.12. The summed E-state index contributed by atoms with van der Waals surface area (Å²) in [5.41, 5.74) is -1.22. The van der Waals surface area contributed by atoms with Crippen molar-refractivity contribution in [1.82, 2.24) is 0 Å². The second kappa shape index (κ2) is 6.22. The molecule has 0 atom stereocenters. The zero-order valence-electron chi connectivity index (χ0n) is 13.2. The first-order valence-corrected chi connectivity index (χ1v) is 11.6. The predicted molar refractivity (Wildman–Crippen MR) is 88.8 cm³/mol. The molecule has 0 amide bonds. The molecule has 0 radical (unpaired) electrons. The van der Waals surface area contributed by atoms with Crippen LogP contribution in [0.5, 0.6) is 0 Å². The summed E-state index contributed by atoms with van der Waals surface area (Å²) in [7, 11) is -11.3. The van der Waals surface area contributed by atoms with Crippen LogP contribution in [0.3, 0.4) is 0 Å². The summed E-state index contributed by atoms with van der Waals surface area (Å²) in [6, 6.07) is 2.76. The van der Waals surface area contributed by atoms with Gasteiger partial charge in [-0.25, -0.2) is 30.0 Å². The van der Waals surface area contributed by atoms with E-state index in [4.69, 9.17) is 5.11 Å². The SMILES string of the molecule is CN(c1cc(N(S(C)(=O)=O)S(C)(=O)=O)ccc1C(=O)O)S(C)(=O)=O. The fourth-order valence-corrected chi connectivity index (χ4v) is 5.35. The number of hydrogen-bond acceptors (Lipinski definition) is 7. The lowest BCUT2D eigenvalue weighted by Crippen LogP contribution is -2.35. The van der Waals surface area contributed by atoms with Crippen molar-refractivity contribution >= 4 is 47.4 Å². The largest absolute Gasteiger partial charge is 0.478 e. The highest BCUT2D eigenvalue weighted by molar-refractivity contribution is 8.09. The second-order valence-electron chi connectivity index (χ2n) is 4.96. The number of carboxylic acid groups (broad SMARTS) is 1. The van der Waals surface area contributed by atoms with Crippen molar-refractivity contribution in [3.05, 3.63) is 23.8 Å². The molecule has 0 aliphatic rings. The lowest BCUT2D eigenvalue weighted by atomic mass is 10.1. The molecule has 0 fully saturated rings. The maximum absolute atomic E-state index is 11.8. The molecule has 0 saturated heterocycles. The maximum Gasteiger partial charge on any atom is 0.337 e. The molecule has 0 bridgehead atoms. The average molecular weight is 400 g/mol. The fourth-order valence-electron chi connectivity index (χ4n) is 1.88. The van der Waals surface area contributed by atoms with E-state index in [1.54, 1.807) is 0 Å². The smallest absolute Gasteiger partial charge is 0.337 e. The standard InChI is InChI=1S/C11H16N2O8S3/c1-12(22(2,16)17)10-7-8(5-6-9(10)11(14)15)13(23(3,18)19)24(4,20)21/h5-7H,1-4H3,(H,14,15). The quantitative estimate of drug-likeness (QED) is 0.673. The summed E-state index contributed by atoms with van der Waals surface area (Å²) in [6.45, 7) is 0. The Morgan fingerprint density at radius 3 is 1.71 bits per heavy atom. The van der Waals surface area contributed by atoms with Crippen LogP contribution >= 0.6 is 0 Å². The zero-order valence-corrected chi connectivity index (χ0v) is 15.6. The molecule has 0 aliphatic carbocycles. The van der Waals surface area contributed by atoms with Gasteiger partial charge in [-0.05, 0) is 18.2 Å². The molecule has 1 aromatic carbocycles. The molecule has 0 heterocycles. The first-order valence-electron chi connectivity index (χ1n) is 6.08. The molecule has 1 aromatic rings. The van der Waals surface area contributed by atoms with Crippen molar-refractivity contribution in [2.75, 3.05) is 33.8 Å². The number of anilines is 2. The molecular weight excluding hydrogens is 384 g/mol.